The van der Waals surface area contributed by atoms with Crippen molar-refractivity contribution in [2.45, 2.75) is 13.8 Å². The first kappa shape index (κ1) is 14.6. The summed E-state index contributed by atoms with van der Waals surface area (Å²) in [4.78, 5) is 8.70. The summed E-state index contributed by atoms with van der Waals surface area (Å²) >= 11 is 1.61. The quantitative estimate of drug-likeness (QED) is 0.670. The molecule has 0 saturated heterocycles. The lowest BCUT2D eigenvalue weighted by molar-refractivity contribution is 0.562. The number of nitrogens with two attached hydrogens (primary N) is 1. The number of nitrogens with zero attached hydrogens (tertiary/aromatic N) is 2. The first-order valence-electron chi connectivity index (χ1n) is 5.64. The molecule has 0 amide bonds. The Morgan fingerprint density at radius 2 is 2.00 bits per heavy atom. The summed E-state index contributed by atoms with van der Waals surface area (Å²) in [6.45, 7) is 3.90. The van der Waals surface area contributed by atoms with Crippen LogP contribution in [-0.4, -0.2) is 18.4 Å². The lowest BCUT2D eigenvalue weighted by Crippen LogP contribution is -1.85. The van der Waals surface area contributed by atoms with Crippen molar-refractivity contribution >= 4 is 33.3 Å². The molecule has 0 spiro atoms. The number of rotatable bonds is 1. The van der Waals surface area contributed by atoms with Crippen LogP contribution in [0.1, 0.15) is 11.5 Å². The van der Waals surface area contributed by atoms with Crippen molar-refractivity contribution in [1.82, 2.24) is 9.97 Å². The molecule has 0 atom stereocenters. The SMILES string of the molecule is Cc1nc2c(C)ccc(-c3nccs3)c2o1.N[SH](=O)=O. The minimum Gasteiger partial charge on any atom is -0.440 e. The van der Waals surface area contributed by atoms with Crippen LogP contribution in [0, 0.1) is 13.8 Å². The Labute approximate surface area is 121 Å². The number of thiol groups is 1. The van der Waals surface area contributed by atoms with Crippen LogP contribution in [0.3, 0.4) is 0 Å². The van der Waals surface area contributed by atoms with Gasteiger partial charge in [-0.05, 0) is 18.6 Å². The number of aromatic nitrogens is 2. The number of hydrogen-bond donors (Lipinski definition) is 2. The number of hydrogen-bond acceptors (Lipinski definition) is 6. The molecule has 3 rings (SSSR count). The third kappa shape index (κ3) is 3.21. The standard InChI is InChI=1S/C12H10N2OS.H3NO2S/c1-7-3-4-9(12-13-5-6-16-12)11-10(7)14-8(2)15-11;1-4(2)3/h3-6H,1-2H3;4H,(H2,1,2,3). The molecule has 0 saturated carbocycles. The second-order valence-electron chi connectivity index (χ2n) is 3.96. The van der Waals surface area contributed by atoms with Gasteiger partial charge in [-0.3, -0.25) is 0 Å². The van der Waals surface area contributed by atoms with E-state index in [1.54, 1.807) is 17.5 Å². The van der Waals surface area contributed by atoms with Crippen molar-refractivity contribution in [3.05, 3.63) is 35.2 Å². The molecule has 2 heterocycles. The second-order valence-corrected chi connectivity index (χ2v) is 5.43. The molecule has 1 aromatic carbocycles. The van der Waals surface area contributed by atoms with E-state index in [1.807, 2.05) is 25.3 Å². The number of aryl methyl sites for hydroxylation is 2. The zero-order valence-electron chi connectivity index (χ0n) is 10.9. The normalized spacial score (nSPS) is 10.6. The highest BCUT2D eigenvalue weighted by Crippen LogP contribution is 2.31. The molecule has 0 bridgehead atoms. The third-order valence-electron chi connectivity index (χ3n) is 2.51. The van der Waals surface area contributed by atoms with Gasteiger partial charge in [0.1, 0.15) is 10.5 Å². The molecule has 0 aliphatic rings. The van der Waals surface area contributed by atoms with Crippen LogP contribution in [0.4, 0.5) is 0 Å². The summed E-state index contributed by atoms with van der Waals surface area (Å²) in [5.41, 5.74) is 3.93. The molecule has 0 unspecified atom stereocenters. The van der Waals surface area contributed by atoms with E-state index >= 15 is 0 Å². The van der Waals surface area contributed by atoms with Crippen LogP contribution in [0.5, 0.6) is 0 Å². The number of fused-ring (bicyclic) bond motifs is 1. The predicted molar refractivity (Wildman–Crippen MR) is 79.1 cm³/mol. The van der Waals surface area contributed by atoms with Crippen LogP contribution < -0.4 is 5.14 Å². The van der Waals surface area contributed by atoms with E-state index in [9.17, 15) is 0 Å². The minimum absolute atomic E-state index is 0.696. The highest BCUT2D eigenvalue weighted by molar-refractivity contribution is 7.69. The fraction of sp³-hybridized carbons (Fsp3) is 0.167. The van der Waals surface area contributed by atoms with Crippen molar-refractivity contribution in [1.29, 1.82) is 0 Å². The van der Waals surface area contributed by atoms with Crippen LogP contribution in [0.2, 0.25) is 0 Å². The minimum atomic E-state index is -2.62. The Morgan fingerprint density at radius 3 is 2.60 bits per heavy atom. The van der Waals surface area contributed by atoms with Gasteiger partial charge in [0.2, 0.25) is 0 Å². The summed E-state index contributed by atoms with van der Waals surface area (Å²) in [7, 11) is -2.62. The average Bonchev–Trinajstić information content (AvgIpc) is 2.97. The molecular formula is C12H13N3O3S2. The lowest BCUT2D eigenvalue weighted by Gasteiger charge is -1.98. The topological polar surface area (TPSA) is 99.1 Å². The average molecular weight is 311 g/mol. The molecule has 0 fully saturated rings. The van der Waals surface area contributed by atoms with Crippen LogP contribution in [-0.2, 0) is 10.9 Å². The van der Waals surface area contributed by atoms with Gasteiger partial charge in [0, 0.05) is 18.5 Å². The Morgan fingerprint density at radius 1 is 1.30 bits per heavy atom. The van der Waals surface area contributed by atoms with Gasteiger partial charge in [-0.1, -0.05) is 6.07 Å². The summed E-state index contributed by atoms with van der Waals surface area (Å²) in [5.74, 6) is 0.696. The second kappa shape index (κ2) is 6.12. The maximum absolute atomic E-state index is 8.81. The van der Waals surface area contributed by atoms with Crippen LogP contribution in [0.25, 0.3) is 21.7 Å². The molecule has 6 nitrogen and oxygen atoms in total. The van der Waals surface area contributed by atoms with Gasteiger partial charge in [-0.15, -0.1) is 11.3 Å². The molecule has 0 aliphatic carbocycles. The summed E-state index contributed by atoms with van der Waals surface area (Å²) in [6.07, 6.45) is 1.80. The molecule has 20 heavy (non-hydrogen) atoms. The Balaban J connectivity index is 0.000000328. The van der Waals surface area contributed by atoms with Crippen LogP contribution >= 0.6 is 11.3 Å². The summed E-state index contributed by atoms with van der Waals surface area (Å²) in [5, 5.41) is 7.00. The van der Waals surface area contributed by atoms with Gasteiger partial charge in [-0.25, -0.2) is 23.5 Å². The number of thiazole rings is 1. The van der Waals surface area contributed by atoms with Gasteiger partial charge < -0.3 is 4.42 Å². The highest BCUT2D eigenvalue weighted by atomic mass is 32.2. The first-order chi connectivity index (χ1) is 9.49. The third-order valence-corrected chi connectivity index (χ3v) is 3.32. The van der Waals surface area contributed by atoms with Gasteiger partial charge in [0.15, 0.2) is 22.4 Å². The molecule has 2 aromatic heterocycles. The van der Waals surface area contributed by atoms with Crippen molar-refractivity contribution < 1.29 is 12.8 Å². The van der Waals surface area contributed by atoms with Gasteiger partial charge >= 0.3 is 0 Å². The molecule has 0 radical (unpaired) electrons. The van der Waals surface area contributed by atoms with Crippen LogP contribution in [0.15, 0.2) is 28.1 Å². The largest absolute Gasteiger partial charge is 0.440 e. The van der Waals surface area contributed by atoms with E-state index in [0.29, 0.717) is 5.89 Å². The predicted octanol–water partition coefficient (Wildman–Crippen LogP) is 2.04. The Hall–Kier alpha value is -1.77. The fourth-order valence-corrected chi connectivity index (χ4v) is 2.42. The van der Waals surface area contributed by atoms with Gasteiger partial charge in [-0.2, -0.15) is 0 Å². The number of benzene rings is 1. The summed E-state index contributed by atoms with van der Waals surface area (Å²) in [6, 6.07) is 4.10. The van der Waals surface area contributed by atoms with Crippen molar-refractivity contribution in [3.63, 3.8) is 0 Å². The zero-order valence-corrected chi connectivity index (χ0v) is 12.6. The highest BCUT2D eigenvalue weighted by Gasteiger charge is 2.13. The van der Waals surface area contributed by atoms with Gasteiger partial charge in [0.25, 0.3) is 0 Å². The van der Waals surface area contributed by atoms with Gasteiger partial charge in [0.05, 0.1) is 5.56 Å². The fourth-order valence-electron chi connectivity index (χ4n) is 1.76. The first-order valence-corrected chi connectivity index (χ1v) is 7.77. The van der Waals surface area contributed by atoms with E-state index in [0.717, 1.165) is 27.2 Å². The zero-order chi connectivity index (χ0) is 14.7. The molecule has 0 aliphatic heterocycles. The van der Waals surface area contributed by atoms with E-state index in [2.05, 4.69) is 21.2 Å². The maximum atomic E-state index is 8.81. The monoisotopic (exact) mass is 311 g/mol. The van der Waals surface area contributed by atoms with Crippen molar-refractivity contribution in [2.24, 2.45) is 5.14 Å². The maximum Gasteiger partial charge on any atom is 0.198 e. The molecule has 8 heteroatoms. The molecule has 2 N–H and O–H groups in total. The molecular weight excluding hydrogens is 298 g/mol. The van der Waals surface area contributed by atoms with Crippen molar-refractivity contribution in [3.8, 4) is 10.6 Å². The van der Waals surface area contributed by atoms with E-state index in [-0.39, 0.29) is 0 Å². The number of oxazole rings is 1. The van der Waals surface area contributed by atoms with E-state index < -0.39 is 10.9 Å². The molecule has 106 valence electrons. The Bertz CT molecular complexity index is 784. The lowest BCUT2D eigenvalue weighted by atomic mass is 10.1. The van der Waals surface area contributed by atoms with Crippen molar-refractivity contribution in [2.75, 3.05) is 0 Å². The smallest absolute Gasteiger partial charge is 0.198 e. The summed E-state index contributed by atoms with van der Waals surface area (Å²) < 4.78 is 23.3. The van der Waals surface area contributed by atoms with E-state index in [4.69, 9.17) is 12.8 Å². The van der Waals surface area contributed by atoms with E-state index in [1.165, 1.54) is 0 Å². The Kier molecular flexibility index (Phi) is 4.48. The molecule has 3 aromatic rings.